The number of nitrogens with one attached hydrogen (secondary N) is 1. The van der Waals surface area contributed by atoms with Gasteiger partial charge in [-0.3, -0.25) is 9.67 Å². The van der Waals surface area contributed by atoms with Gasteiger partial charge in [-0.2, -0.15) is 5.10 Å². The molecule has 7 nitrogen and oxygen atoms in total. The van der Waals surface area contributed by atoms with Crippen molar-refractivity contribution in [2.24, 2.45) is 23.7 Å². The predicted molar refractivity (Wildman–Crippen MR) is 83.5 cm³/mol. The standard InChI is InChI=1S/C15H25N5O2/c1-20-13(4-6-19-20)14-11(5-8-22-14)9-17-15(16)18-10-12-3-2-7-21-12/h4,6,11-12,14H,2-3,5,7-10H2,1H3,(H3,16,17,18)/t11-,12?,14+/m0/s1. The molecule has 3 N–H and O–H groups in total. The molecule has 0 saturated carbocycles. The number of nitrogens with two attached hydrogens (primary N) is 1. The largest absolute Gasteiger partial charge is 0.376 e. The van der Waals surface area contributed by atoms with Crippen LogP contribution in [0.5, 0.6) is 0 Å². The summed E-state index contributed by atoms with van der Waals surface area (Å²) in [5.74, 6) is 0.838. The van der Waals surface area contributed by atoms with Crippen molar-refractivity contribution in [3.05, 3.63) is 18.0 Å². The van der Waals surface area contributed by atoms with E-state index in [0.717, 1.165) is 44.7 Å². The highest BCUT2D eigenvalue weighted by Gasteiger charge is 2.31. The van der Waals surface area contributed by atoms with Crippen LogP contribution in [0.4, 0.5) is 0 Å². The van der Waals surface area contributed by atoms with Crippen LogP contribution in [0.1, 0.15) is 31.1 Å². The Kier molecular flexibility index (Phi) is 4.94. The Morgan fingerprint density at radius 3 is 3.09 bits per heavy atom. The first-order valence-electron chi connectivity index (χ1n) is 7.99. The molecule has 2 fully saturated rings. The van der Waals surface area contributed by atoms with Crippen LogP contribution in [-0.2, 0) is 16.5 Å². The Labute approximate surface area is 130 Å². The maximum atomic E-state index is 5.95. The minimum absolute atomic E-state index is 0.0576. The summed E-state index contributed by atoms with van der Waals surface area (Å²) in [6.07, 6.45) is 5.36. The second-order valence-corrected chi connectivity index (χ2v) is 5.96. The second-order valence-electron chi connectivity index (χ2n) is 5.96. The Balaban J connectivity index is 1.50. The molecular weight excluding hydrogens is 282 g/mol. The summed E-state index contributed by atoms with van der Waals surface area (Å²) in [6.45, 7) is 3.02. The Morgan fingerprint density at radius 1 is 1.45 bits per heavy atom. The van der Waals surface area contributed by atoms with Gasteiger partial charge in [-0.25, -0.2) is 0 Å². The molecule has 1 unspecified atom stereocenters. The number of nitrogens with zero attached hydrogens (tertiary/aromatic N) is 3. The van der Waals surface area contributed by atoms with Crippen LogP contribution in [-0.4, -0.2) is 48.1 Å². The topological polar surface area (TPSA) is 86.7 Å². The summed E-state index contributed by atoms with van der Waals surface area (Å²) >= 11 is 0. The Morgan fingerprint density at radius 2 is 2.36 bits per heavy atom. The fourth-order valence-electron chi connectivity index (χ4n) is 3.11. The van der Waals surface area contributed by atoms with E-state index in [1.54, 1.807) is 6.20 Å². The molecular formula is C15H25N5O2. The third kappa shape index (κ3) is 3.59. The predicted octanol–water partition coefficient (Wildman–Crippen LogP) is 0.581. The van der Waals surface area contributed by atoms with Gasteiger partial charge in [0.05, 0.1) is 11.8 Å². The maximum absolute atomic E-state index is 5.95. The smallest absolute Gasteiger partial charge is 0.188 e. The highest BCUT2D eigenvalue weighted by atomic mass is 16.5. The summed E-state index contributed by atoms with van der Waals surface area (Å²) < 4.78 is 13.3. The van der Waals surface area contributed by atoms with Crippen LogP contribution in [0.2, 0.25) is 0 Å². The van der Waals surface area contributed by atoms with Crippen LogP contribution < -0.4 is 11.1 Å². The van der Waals surface area contributed by atoms with E-state index in [1.165, 1.54) is 0 Å². The van der Waals surface area contributed by atoms with Crippen molar-refractivity contribution in [1.29, 1.82) is 0 Å². The number of ether oxygens (including phenoxy) is 2. The van der Waals surface area contributed by atoms with Gasteiger partial charge in [0.1, 0.15) is 6.10 Å². The minimum atomic E-state index is 0.0576. The summed E-state index contributed by atoms with van der Waals surface area (Å²) in [5.41, 5.74) is 7.05. The zero-order chi connectivity index (χ0) is 15.4. The molecule has 0 radical (unpaired) electrons. The van der Waals surface area contributed by atoms with Gasteiger partial charge in [0.2, 0.25) is 0 Å². The van der Waals surface area contributed by atoms with E-state index >= 15 is 0 Å². The molecule has 1 aromatic heterocycles. The molecule has 0 spiro atoms. The molecule has 0 amide bonds. The molecule has 2 aliphatic heterocycles. The molecule has 122 valence electrons. The van der Waals surface area contributed by atoms with Gasteiger partial charge in [0, 0.05) is 45.5 Å². The second kappa shape index (κ2) is 7.11. The van der Waals surface area contributed by atoms with Crippen LogP contribution in [0.3, 0.4) is 0 Å². The van der Waals surface area contributed by atoms with Crippen molar-refractivity contribution in [2.75, 3.05) is 26.3 Å². The molecule has 3 atom stereocenters. The van der Waals surface area contributed by atoms with Gasteiger partial charge in [0.25, 0.3) is 0 Å². The number of hydrogen-bond acceptors (Lipinski definition) is 4. The van der Waals surface area contributed by atoms with Crippen LogP contribution in [0, 0.1) is 5.92 Å². The zero-order valence-corrected chi connectivity index (χ0v) is 13.1. The number of hydrogen-bond donors (Lipinski definition) is 2. The average molecular weight is 307 g/mol. The molecule has 0 aromatic carbocycles. The Hall–Kier alpha value is -1.60. The number of guanidine groups is 1. The van der Waals surface area contributed by atoms with E-state index < -0.39 is 0 Å². The van der Waals surface area contributed by atoms with Gasteiger partial charge in [-0.15, -0.1) is 0 Å². The lowest BCUT2D eigenvalue weighted by atomic mass is 9.99. The number of rotatable bonds is 5. The average Bonchev–Trinajstić information content (AvgIpc) is 3.24. The van der Waals surface area contributed by atoms with Crippen molar-refractivity contribution in [3.8, 4) is 0 Å². The lowest BCUT2D eigenvalue weighted by Crippen LogP contribution is -2.37. The molecule has 2 aliphatic rings. The van der Waals surface area contributed by atoms with Crippen LogP contribution in [0.15, 0.2) is 17.3 Å². The number of aryl methyl sites for hydroxylation is 1. The fraction of sp³-hybridized carbons (Fsp3) is 0.733. The molecule has 22 heavy (non-hydrogen) atoms. The summed E-state index contributed by atoms with van der Waals surface area (Å²) in [7, 11) is 1.94. The van der Waals surface area contributed by atoms with E-state index in [-0.39, 0.29) is 12.2 Å². The van der Waals surface area contributed by atoms with Gasteiger partial charge < -0.3 is 20.5 Å². The van der Waals surface area contributed by atoms with Crippen molar-refractivity contribution in [2.45, 2.75) is 31.5 Å². The lowest BCUT2D eigenvalue weighted by molar-refractivity contribution is 0.0858. The van der Waals surface area contributed by atoms with Gasteiger partial charge in [-0.05, 0) is 25.3 Å². The van der Waals surface area contributed by atoms with E-state index in [2.05, 4.69) is 15.4 Å². The first kappa shape index (κ1) is 15.3. The first-order valence-corrected chi connectivity index (χ1v) is 7.99. The van der Waals surface area contributed by atoms with Crippen molar-refractivity contribution < 1.29 is 9.47 Å². The third-order valence-corrected chi connectivity index (χ3v) is 4.40. The first-order chi connectivity index (χ1) is 10.7. The highest BCUT2D eigenvalue weighted by molar-refractivity contribution is 5.77. The highest BCUT2D eigenvalue weighted by Crippen LogP contribution is 2.34. The molecule has 7 heteroatoms. The summed E-state index contributed by atoms with van der Waals surface area (Å²) in [5, 5.41) is 7.37. The minimum Gasteiger partial charge on any atom is -0.376 e. The molecule has 0 aliphatic carbocycles. The van der Waals surface area contributed by atoms with E-state index in [4.69, 9.17) is 15.2 Å². The van der Waals surface area contributed by atoms with Crippen LogP contribution in [0.25, 0.3) is 0 Å². The van der Waals surface area contributed by atoms with Crippen molar-refractivity contribution >= 4 is 5.96 Å². The quantitative estimate of drug-likeness (QED) is 0.614. The summed E-state index contributed by atoms with van der Waals surface area (Å²) in [6, 6.07) is 2.01. The lowest BCUT2D eigenvalue weighted by Gasteiger charge is -2.17. The molecule has 2 saturated heterocycles. The molecule has 3 rings (SSSR count). The number of aromatic nitrogens is 2. The normalized spacial score (nSPS) is 29.1. The van der Waals surface area contributed by atoms with Crippen LogP contribution >= 0.6 is 0 Å². The van der Waals surface area contributed by atoms with Crippen molar-refractivity contribution in [3.63, 3.8) is 0 Å². The monoisotopic (exact) mass is 307 g/mol. The maximum Gasteiger partial charge on any atom is 0.188 e. The molecule has 3 heterocycles. The SMILES string of the molecule is Cn1nccc1[C@@H]1OCC[C@H]1CN=C(N)NCC1CCCO1. The number of aliphatic imine (C=N–C) groups is 1. The zero-order valence-electron chi connectivity index (χ0n) is 13.1. The van der Waals surface area contributed by atoms with Gasteiger partial charge in [0.15, 0.2) is 5.96 Å². The molecule has 1 aromatic rings. The fourth-order valence-corrected chi connectivity index (χ4v) is 3.11. The summed E-state index contributed by atoms with van der Waals surface area (Å²) in [4.78, 5) is 4.48. The Bertz CT molecular complexity index is 510. The van der Waals surface area contributed by atoms with E-state index in [0.29, 0.717) is 18.4 Å². The van der Waals surface area contributed by atoms with Crippen molar-refractivity contribution in [1.82, 2.24) is 15.1 Å². The van der Waals surface area contributed by atoms with E-state index in [9.17, 15) is 0 Å². The molecule has 0 bridgehead atoms. The third-order valence-electron chi connectivity index (χ3n) is 4.40. The van der Waals surface area contributed by atoms with Gasteiger partial charge >= 0.3 is 0 Å². The van der Waals surface area contributed by atoms with E-state index in [1.807, 2.05) is 17.8 Å². The van der Waals surface area contributed by atoms with Gasteiger partial charge in [-0.1, -0.05) is 0 Å².